The molecule has 3 nitrogen and oxygen atoms in total. The summed E-state index contributed by atoms with van der Waals surface area (Å²) in [6.07, 6.45) is 0.479. The highest BCUT2D eigenvalue weighted by Gasteiger charge is 2.35. The van der Waals surface area contributed by atoms with Gasteiger partial charge in [-0.2, -0.15) is 0 Å². The lowest BCUT2D eigenvalue weighted by Crippen LogP contribution is -2.21. The van der Waals surface area contributed by atoms with Gasteiger partial charge in [0.25, 0.3) is 0 Å². The van der Waals surface area contributed by atoms with Crippen molar-refractivity contribution in [3.63, 3.8) is 0 Å². The van der Waals surface area contributed by atoms with Gasteiger partial charge < -0.3 is 5.11 Å². The monoisotopic (exact) mass is 223 g/mol. The molecule has 0 radical (unpaired) electrons. The number of benzene rings is 1. The highest BCUT2D eigenvalue weighted by atomic mass is 19.1. The third-order valence-corrected chi connectivity index (χ3v) is 3.16. The van der Waals surface area contributed by atoms with Gasteiger partial charge in [0.1, 0.15) is 5.82 Å². The third kappa shape index (κ3) is 1.93. The van der Waals surface area contributed by atoms with E-state index in [1.807, 2.05) is 11.9 Å². The van der Waals surface area contributed by atoms with Crippen LogP contribution in [0.5, 0.6) is 0 Å². The first kappa shape index (κ1) is 11.1. The molecule has 16 heavy (non-hydrogen) atoms. The first-order valence-corrected chi connectivity index (χ1v) is 5.27. The summed E-state index contributed by atoms with van der Waals surface area (Å²) >= 11 is 0. The zero-order valence-electron chi connectivity index (χ0n) is 9.06. The number of aliphatic carboxylic acids is 1. The fourth-order valence-corrected chi connectivity index (χ4v) is 2.29. The minimum absolute atomic E-state index is 0.123. The van der Waals surface area contributed by atoms with Crippen LogP contribution in [0.4, 0.5) is 4.39 Å². The predicted octanol–water partition coefficient (Wildman–Crippen LogP) is 1.90. The molecule has 1 aliphatic heterocycles. The van der Waals surface area contributed by atoms with E-state index in [1.165, 1.54) is 6.07 Å². The molecule has 1 aromatic rings. The summed E-state index contributed by atoms with van der Waals surface area (Å²) in [4.78, 5) is 12.8. The minimum Gasteiger partial charge on any atom is -0.481 e. The van der Waals surface area contributed by atoms with Crippen LogP contribution < -0.4 is 0 Å². The topological polar surface area (TPSA) is 40.5 Å². The second-order valence-electron chi connectivity index (χ2n) is 4.25. The van der Waals surface area contributed by atoms with Gasteiger partial charge in [-0.25, -0.2) is 4.39 Å². The van der Waals surface area contributed by atoms with Gasteiger partial charge >= 0.3 is 5.97 Å². The van der Waals surface area contributed by atoms with Crippen LogP contribution in [0.25, 0.3) is 0 Å². The molecule has 2 atom stereocenters. The van der Waals surface area contributed by atoms with Crippen LogP contribution in [-0.4, -0.2) is 29.6 Å². The zero-order valence-corrected chi connectivity index (χ0v) is 9.06. The summed E-state index contributed by atoms with van der Waals surface area (Å²) in [6, 6.07) is 6.43. The van der Waals surface area contributed by atoms with E-state index >= 15 is 0 Å². The molecule has 0 amide bonds. The lowest BCUT2D eigenvalue weighted by molar-refractivity contribution is -0.141. The Balaban J connectivity index is 2.23. The summed E-state index contributed by atoms with van der Waals surface area (Å²) in [5.74, 6) is -1.45. The zero-order chi connectivity index (χ0) is 11.7. The van der Waals surface area contributed by atoms with Crippen molar-refractivity contribution in [1.82, 2.24) is 4.90 Å². The first-order chi connectivity index (χ1) is 7.59. The Labute approximate surface area is 93.5 Å². The molecule has 0 spiro atoms. The second kappa shape index (κ2) is 4.22. The van der Waals surface area contributed by atoms with Crippen LogP contribution in [0.3, 0.4) is 0 Å². The van der Waals surface area contributed by atoms with Crippen LogP contribution in [0, 0.1) is 11.7 Å². The molecule has 86 valence electrons. The van der Waals surface area contributed by atoms with Gasteiger partial charge in [-0.3, -0.25) is 9.69 Å². The number of carboxylic acid groups (broad SMARTS) is 1. The fourth-order valence-electron chi connectivity index (χ4n) is 2.29. The van der Waals surface area contributed by atoms with Crippen LogP contribution in [0.2, 0.25) is 0 Å². The van der Waals surface area contributed by atoms with E-state index in [0.29, 0.717) is 18.5 Å². The van der Waals surface area contributed by atoms with E-state index in [2.05, 4.69) is 0 Å². The molecule has 0 bridgehead atoms. The molecule has 1 saturated heterocycles. The number of hydrogen-bond acceptors (Lipinski definition) is 2. The highest BCUT2D eigenvalue weighted by molar-refractivity contribution is 5.70. The molecule has 2 unspecified atom stereocenters. The maximum absolute atomic E-state index is 13.6. The number of carboxylic acids is 1. The van der Waals surface area contributed by atoms with Crippen LogP contribution in [0.1, 0.15) is 18.0 Å². The molecule has 1 aromatic carbocycles. The van der Waals surface area contributed by atoms with Crippen molar-refractivity contribution >= 4 is 5.97 Å². The Morgan fingerprint density at radius 2 is 2.19 bits per heavy atom. The van der Waals surface area contributed by atoms with E-state index < -0.39 is 11.9 Å². The maximum Gasteiger partial charge on any atom is 0.307 e. The van der Waals surface area contributed by atoms with E-state index in [4.69, 9.17) is 5.11 Å². The van der Waals surface area contributed by atoms with Crippen molar-refractivity contribution in [2.24, 2.45) is 5.92 Å². The lowest BCUT2D eigenvalue weighted by Gasteiger charge is -2.19. The van der Waals surface area contributed by atoms with Crippen molar-refractivity contribution in [1.29, 1.82) is 0 Å². The summed E-state index contributed by atoms with van der Waals surface area (Å²) in [7, 11) is 1.83. The standard InChI is InChI=1S/C12H14FNO2/c1-14-7-8(12(15)16)6-11(14)9-4-2-3-5-10(9)13/h2-5,8,11H,6-7H2,1H3,(H,15,16). The summed E-state index contributed by atoms with van der Waals surface area (Å²) in [5.41, 5.74) is 0.591. The molecular weight excluding hydrogens is 209 g/mol. The molecular formula is C12H14FNO2. The quantitative estimate of drug-likeness (QED) is 0.832. The van der Waals surface area contributed by atoms with Crippen LogP contribution in [-0.2, 0) is 4.79 Å². The number of halogens is 1. The highest BCUT2D eigenvalue weighted by Crippen LogP contribution is 2.35. The molecule has 1 heterocycles. The smallest absolute Gasteiger partial charge is 0.307 e. The van der Waals surface area contributed by atoms with Crippen LogP contribution in [0.15, 0.2) is 24.3 Å². The van der Waals surface area contributed by atoms with Gasteiger partial charge in [-0.15, -0.1) is 0 Å². The van der Waals surface area contributed by atoms with E-state index in [9.17, 15) is 9.18 Å². The summed E-state index contributed by atoms with van der Waals surface area (Å²) in [6.45, 7) is 0.480. The molecule has 4 heteroatoms. The minimum atomic E-state index is -0.800. The number of rotatable bonds is 2. The van der Waals surface area contributed by atoms with Gasteiger partial charge in [-0.1, -0.05) is 18.2 Å². The molecule has 2 rings (SSSR count). The predicted molar refractivity (Wildman–Crippen MR) is 57.5 cm³/mol. The number of likely N-dealkylation sites (tertiary alicyclic amines) is 1. The second-order valence-corrected chi connectivity index (χ2v) is 4.25. The number of hydrogen-bond donors (Lipinski definition) is 1. The molecule has 0 aliphatic carbocycles. The Hall–Kier alpha value is -1.42. The number of nitrogens with zero attached hydrogens (tertiary/aromatic N) is 1. The molecule has 0 aromatic heterocycles. The Morgan fingerprint density at radius 3 is 2.75 bits per heavy atom. The Kier molecular flexibility index (Phi) is 2.92. The normalized spacial score (nSPS) is 25.9. The fraction of sp³-hybridized carbons (Fsp3) is 0.417. The number of carbonyl (C=O) groups is 1. The van der Waals surface area contributed by atoms with Crippen molar-refractivity contribution in [3.8, 4) is 0 Å². The van der Waals surface area contributed by atoms with Gasteiger partial charge in [0.15, 0.2) is 0 Å². The van der Waals surface area contributed by atoms with Gasteiger partial charge in [0.2, 0.25) is 0 Å². The SMILES string of the molecule is CN1CC(C(=O)O)CC1c1ccccc1F. The molecule has 1 aliphatic rings. The molecule has 1 fully saturated rings. The Bertz CT molecular complexity index is 408. The average Bonchev–Trinajstić information content (AvgIpc) is 2.61. The maximum atomic E-state index is 13.6. The van der Waals surface area contributed by atoms with Crippen molar-refractivity contribution in [2.75, 3.05) is 13.6 Å². The van der Waals surface area contributed by atoms with E-state index in [1.54, 1.807) is 18.2 Å². The largest absolute Gasteiger partial charge is 0.481 e. The van der Waals surface area contributed by atoms with Crippen molar-refractivity contribution in [3.05, 3.63) is 35.6 Å². The third-order valence-electron chi connectivity index (χ3n) is 3.16. The van der Waals surface area contributed by atoms with Gasteiger partial charge in [0.05, 0.1) is 5.92 Å². The van der Waals surface area contributed by atoms with Crippen molar-refractivity contribution < 1.29 is 14.3 Å². The van der Waals surface area contributed by atoms with Gasteiger partial charge in [-0.05, 0) is 19.5 Å². The van der Waals surface area contributed by atoms with Gasteiger partial charge in [0, 0.05) is 18.2 Å². The van der Waals surface area contributed by atoms with E-state index in [-0.39, 0.29) is 11.9 Å². The Morgan fingerprint density at radius 1 is 1.50 bits per heavy atom. The lowest BCUT2D eigenvalue weighted by atomic mass is 9.99. The first-order valence-electron chi connectivity index (χ1n) is 5.27. The molecule has 0 saturated carbocycles. The van der Waals surface area contributed by atoms with E-state index in [0.717, 1.165) is 0 Å². The van der Waals surface area contributed by atoms with Crippen molar-refractivity contribution in [2.45, 2.75) is 12.5 Å². The average molecular weight is 223 g/mol. The summed E-state index contributed by atoms with van der Waals surface area (Å²) < 4.78 is 13.6. The summed E-state index contributed by atoms with van der Waals surface area (Å²) in [5, 5.41) is 8.94. The molecule has 1 N–H and O–H groups in total. The van der Waals surface area contributed by atoms with Crippen LogP contribution >= 0.6 is 0 Å².